The van der Waals surface area contributed by atoms with Crippen LogP contribution in [0.3, 0.4) is 0 Å². The number of nitrogens with one attached hydrogen (secondary N) is 2. The summed E-state index contributed by atoms with van der Waals surface area (Å²) in [6.45, 7) is 0. The van der Waals surface area contributed by atoms with Gasteiger partial charge in [-0.15, -0.1) is 0 Å². The SMILES string of the molecule is CS(=O)(=O)c1nccc(Nc2cc(C3CC3)[nH]n2)n1. The summed E-state index contributed by atoms with van der Waals surface area (Å²) in [5.41, 5.74) is 1.10. The lowest BCUT2D eigenvalue weighted by atomic mass is 10.3. The van der Waals surface area contributed by atoms with E-state index in [1.165, 1.54) is 19.0 Å². The van der Waals surface area contributed by atoms with E-state index < -0.39 is 9.84 Å². The fourth-order valence-corrected chi connectivity index (χ4v) is 2.24. The number of aromatic nitrogens is 4. The van der Waals surface area contributed by atoms with E-state index >= 15 is 0 Å². The topological polar surface area (TPSA) is 101 Å². The van der Waals surface area contributed by atoms with Crippen LogP contribution in [0.5, 0.6) is 0 Å². The van der Waals surface area contributed by atoms with E-state index in [-0.39, 0.29) is 5.16 Å². The minimum absolute atomic E-state index is 0.199. The molecular formula is C11H13N5O2S. The average Bonchev–Trinajstić information content (AvgIpc) is 3.10. The highest BCUT2D eigenvalue weighted by molar-refractivity contribution is 7.90. The maximum absolute atomic E-state index is 11.4. The molecule has 2 aromatic rings. The minimum Gasteiger partial charge on any atom is -0.323 e. The average molecular weight is 279 g/mol. The summed E-state index contributed by atoms with van der Waals surface area (Å²) in [4.78, 5) is 7.67. The molecule has 1 aliphatic rings. The number of anilines is 2. The van der Waals surface area contributed by atoms with Crippen molar-refractivity contribution in [3.8, 4) is 0 Å². The van der Waals surface area contributed by atoms with Crippen LogP contribution in [0.15, 0.2) is 23.5 Å². The molecule has 7 nitrogen and oxygen atoms in total. The minimum atomic E-state index is -3.41. The highest BCUT2D eigenvalue weighted by atomic mass is 32.2. The van der Waals surface area contributed by atoms with Crippen molar-refractivity contribution in [1.29, 1.82) is 0 Å². The van der Waals surface area contributed by atoms with E-state index in [9.17, 15) is 8.42 Å². The zero-order chi connectivity index (χ0) is 13.5. The van der Waals surface area contributed by atoms with Crippen molar-refractivity contribution in [3.05, 3.63) is 24.0 Å². The van der Waals surface area contributed by atoms with Crippen molar-refractivity contribution in [2.24, 2.45) is 0 Å². The molecule has 0 saturated heterocycles. The molecule has 1 fully saturated rings. The largest absolute Gasteiger partial charge is 0.323 e. The van der Waals surface area contributed by atoms with Gasteiger partial charge < -0.3 is 5.32 Å². The normalized spacial score (nSPS) is 15.4. The predicted molar refractivity (Wildman–Crippen MR) is 69.0 cm³/mol. The molecule has 0 radical (unpaired) electrons. The van der Waals surface area contributed by atoms with Crippen molar-refractivity contribution in [1.82, 2.24) is 20.2 Å². The summed E-state index contributed by atoms with van der Waals surface area (Å²) in [6, 6.07) is 3.51. The van der Waals surface area contributed by atoms with Crippen molar-refractivity contribution >= 4 is 21.5 Å². The zero-order valence-corrected chi connectivity index (χ0v) is 11.1. The van der Waals surface area contributed by atoms with E-state index in [1.807, 2.05) is 6.07 Å². The first-order valence-electron chi connectivity index (χ1n) is 5.88. The third kappa shape index (κ3) is 2.73. The molecule has 1 aliphatic carbocycles. The van der Waals surface area contributed by atoms with Gasteiger partial charge in [-0.2, -0.15) is 5.10 Å². The summed E-state index contributed by atoms with van der Waals surface area (Å²) in [5.74, 6) is 1.62. The summed E-state index contributed by atoms with van der Waals surface area (Å²) in [5, 5.41) is 9.84. The third-order valence-corrected chi connectivity index (χ3v) is 3.70. The molecule has 2 aromatic heterocycles. The van der Waals surface area contributed by atoms with Crippen LogP contribution in [0.1, 0.15) is 24.5 Å². The molecule has 0 bridgehead atoms. The van der Waals surface area contributed by atoms with Gasteiger partial charge in [0, 0.05) is 30.1 Å². The number of rotatable bonds is 4. The van der Waals surface area contributed by atoms with Gasteiger partial charge in [-0.05, 0) is 18.9 Å². The molecule has 0 atom stereocenters. The second-order valence-corrected chi connectivity index (χ2v) is 6.51. The maximum atomic E-state index is 11.4. The molecule has 8 heteroatoms. The van der Waals surface area contributed by atoms with E-state index in [1.54, 1.807) is 6.07 Å². The molecule has 0 aromatic carbocycles. The first-order chi connectivity index (χ1) is 9.02. The van der Waals surface area contributed by atoms with Crippen LogP contribution in [0.4, 0.5) is 11.6 Å². The van der Waals surface area contributed by atoms with Gasteiger partial charge in [0.25, 0.3) is 0 Å². The Bertz CT molecular complexity index is 705. The molecule has 0 aliphatic heterocycles. The summed E-state index contributed by atoms with van der Waals surface area (Å²) in [7, 11) is -3.41. The van der Waals surface area contributed by atoms with Crippen LogP contribution >= 0.6 is 0 Å². The second kappa shape index (κ2) is 4.30. The Morgan fingerprint density at radius 1 is 1.37 bits per heavy atom. The van der Waals surface area contributed by atoms with Gasteiger partial charge in [0.2, 0.25) is 15.0 Å². The predicted octanol–water partition coefficient (Wildman–Crippen LogP) is 1.22. The standard InChI is InChI=1S/C11H13N5O2S/c1-19(17,18)11-12-5-4-9(14-11)13-10-6-8(15-16-10)7-2-3-7/h4-7H,2-3H2,1H3,(H2,12,13,14,15,16). The Labute approximate surface area is 110 Å². The van der Waals surface area contributed by atoms with Crippen molar-refractivity contribution in [3.63, 3.8) is 0 Å². The molecule has 2 heterocycles. The molecule has 0 spiro atoms. The smallest absolute Gasteiger partial charge is 0.248 e. The van der Waals surface area contributed by atoms with Gasteiger partial charge in [-0.3, -0.25) is 5.10 Å². The fourth-order valence-electron chi connectivity index (χ4n) is 1.72. The highest BCUT2D eigenvalue weighted by Gasteiger charge is 2.25. The third-order valence-electron chi connectivity index (χ3n) is 2.84. The molecule has 2 N–H and O–H groups in total. The van der Waals surface area contributed by atoms with Crippen molar-refractivity contribution < 1.29 is 8.42 Å². The Hall–Kier alpha value is -1.96. The Kier molecular flexibility index (Phi) is 2.74. The zero-order valence-electron chi connectivity index (χ0n) is 10.3. The van der Waals surface area contributed by atoms with Gasteiger partial charge in [-0.1, -0.05) is 0 Å². The van der Waals surface area contributed by atoms with Crippen molar-refractivity contribution in [2.45, 2.75) is 23.9 Å². The lowest BCUT2D eigenvalue weighted by Crippen LogP contribution is -2.05. The van der Waals surface area contributed by atoms with Gasteiger partial charge in [0.05, 0.1) is 0 Å². The van der Waals surface area contributed by atoms with Crippen LogP contribution < -0.4 is 5.32 Å². The van der Waals surface area contributed by atoms with Crippen LogP contribution in [0.2, 0.25) is 0 Å². The van der Waals surface area contributed by atoms with Crippen LogP contribution in [-0.4, -0.2) is 34.8 Å². The van der Waals surface area contributed by atoms with Crippen LogP contribution in [-0.2, 0) is 9.84 Å². The lowest BCUT2D eigenvalue weighted by molar-refractivity contribution is 0.593. The molecule has 0 amide bonds. The number of H-pyrrole nitrogens is 1. The molecule has 0 unspecified atom stereocenters. The van der Waals surface area contributed by atoms with Gasteiger partial charge in [-0.25, -0.2) is 18.4 Å². The van der Waals surface area contributed by atoms with Gasteiger partial charge in [0.1, 0.15) is 5.82 Å². The number of sulfone groups is 1. The first-order valence-corrected chi connectivity index (χ1v) is 7.77. The van der Waals surface area contributed by atoms with Gasteiger partial charge in [0.15, 0.2) is 5.82 Å². The van der Waals surface area contributed by atoms with E-state index in [0.29, 0.717) is 17.6 Å². The summed E-state index contributed by atoms with van der Waals surface area (Å²) < 4.78 is 22.7. The Morgan fingerprint density at radius 3 is 2.84 bits per heavy atom. The summed E-state index contributed by atoms with van der Waals surface area (Å²) >= 11 is 0. The second-order valence-electron chi connectivity index (χ2n) is 4.60. The lowest BCUT2D eigenvalue weighted by Gasteiger charge is -2.02. The quantitative estimate of drug-likeness (QED) is 0.816. The molecule has 1 saturated carbocycles. The fraction of sp³-hybridized carbons (Fsp3) is 0.364. The van der Waals surface area contributed by atoms with E-state index in [4.69, 9.17) is 0 Å². The number of hydrogen-bond donors (Lipinski definition) is 2. The number of nitrogens with zero attached hydrogens (tertiary/aromatic N) is 3. The monoisotopic (exact) mass is 279 g/mol. The molecule has 19 heavy (non-hydrogen) atoms. The Morgan fingerprint density at radius 2 is 2.16 bits per heavy atom. The van der Waals surface area contributed by atoms with Crippen molar-refractivity contribution in [2.75, 3.05) is 11.6 Å². The number of hydrogen-bond acceptors (Lipinski definition) is 6. The molecule has 3 rings (SSSR count). The number of aromatic amines is 1. The van der Waals surface area contributed by atoms with Crippen LogP contribution in [0, 0.1) is 0 Å². The Balaban J connectivity index is 1.82. The van der Waals surface area contributed by atoms with E-state index in [2.05, 4.69) is 25.5 Å². The highest BCUT2D eigenvalue weighted by Crippen LogP contribution is 2.39. The van der Waals surface area contributed by atoms with E-state index in [0.717, 1.165) is 11.9 Å². The maximum Gasteiger partial charge on any atom is 0.248 e. The van der Waals surface area contributed by atoms with Gasteiger partial charge >= 0.3 is 0 Å². The first kappa shape index (κ1) is 12.1. The van der Waals surface area contributed by atoms with Crippen LogP contribution in [0.25, 0.3) is 0 Å². The summed E-state index contributed by atoms with van der Waals surface area (Å²) in [6.07, 6.45) is 4.85. The molecular weight excluding hydrogens is 266 g/mol. The molecule has 100 valence electrons.